The van der Waals surface area contributed by atoms with Crippen molar-refractivity contribution in [2.45, 2.75) is 63.1 Å². The zero-order valence-electron chi connectivity index (χ0n) is 26.9. The van der Waals surface area contributed by atoms with E-state index in [-0.39, 0.29) is 16.4 Å². The van der Waals surface area contributed by atoms with Gasteiger partial charge in [-0.05, 0) is 56.9 Å². The highest BCUT2D eigenvalue weighted by molar-refractivity contribution is 7.80. The van der Waals surface area contributed by atoms with Crippen molar-refractivity contribution >= 4 is 50.2 Å². The number of aliphatic carboxylic acids is 1. The maximum Gasteiger partial charge on any atom is 0.418 e. The predicted molar refractivity (Wildman–Crippen MR) is 175 cm³/mol. The number of carbonyl (C=O) groups excluding carboxylic acids is 2. The van der Waals surface area contributed by atoms with E-state index in [4.69, 9.17) is 25.6 Å². The summed E-state index contributed by atoms with van der Waals surface area (Å²) in [6.07, 6.45) is 3.89. The van der Waals surface area contributed by atoms with Crippen LogP contribution in [0.2, 0.25) is 0 Å². The summed E-state index contributed by atoms with van der Waals surface area (Å²) in [4.78, 5) is 47.2. The molecule has 3 heterocycles. The van der Waals surface area contributed by atoms with Crippen molar-refractivity contribution in [2.75, 3.05) is 12.3 Å². The molecule has 49 heavy (non-hydrogen) atoms. The molecule has 1 aromatic carbocycles. The number of anilines is 1. The first-order valence-electron chi connectivity index (χ1n) is 15.2. The van der Waals surface area contributed by atoms with Crippen LogP contribution in [0.3, 0.4) is 0 Å². The molecule has 0 unspecified atom stereocenters. The fourth-order valence-corrected chi connectivity index (χ4v) is 6.32. The van der Waals surface area contributed by atoms with Gasteiger partial charge in [0.1, 0.15) is 25.1 Å². The lowest BCUT2D eigenvalue weighted by Gasteiger charge is -2.50. The number of hydroxylamine groups is 2. The van der Waals surface area contributed by atoms with Gasteiger partial charge < -0.3 is 26.1 Å². The lowest BCUT2D eigenvalue weighted by Crippen LogP contribution is -2.68. The molecule has 2 atom stereocenters. The number of β-lactam (4-membered cyclic amide) rings is 1. The van der Waals surface area contributed by atoms with Crippen LogP contribution < -0.4 is 20.8 Å². The van der Waals surface area contributed by atoms with Gasteiger partial charge in [0.2, 0.25) is 0 Å². The van der Waals surface area contributed by atoms with E-state index in [2.05, 4.69) is 25.1 Å². The molecule has 16 nitrogen and oxygen atoms in total. The number of thiazole rings is 1. The summed E-state index contributed by atoms with van der Waals surface area (Å²) in [6.45, 7) is 2.39. The number of carboxylic acid groups (broad SMARTS) is 1. The Morgan fingerprint density at radius 1 is 1.18 bits per heavy atom. The Kier molecular flexibility index (Phi) is 10.1. The standard InChI is InChI=1S/C31H36N6O10S2/c1-30(2)22(27(39)37(30)47-49(42,43)44)14-24(38)26(23-17-48-29(32)34-23)35-46-25(28(40)41)16-45-21-8-5-18(6-9-21)19-4-7-20(36(3)15-19)10-11-31(33)12-13-31/h4-9,15,17,22,25H,10-14,16,33H2,1-3H3,(H3-,32,34,40,41,42,43,44)/p+1/b35-26-/t22-,25+/m1/s1. The summed E-state index contributed by atoms with van der Waals surface area (Å²) < 4.78 is 43.3. The number of benzene rings is 1. The molecule has 0 spiro atoms. The number of nitrogens with zero attached hydrogens (tertiary/aromatic N) is 4. The van der Waals surface area contributed by atoms with E-state index in [9.17, 15) is 27.9 Å². The minimum absolute atomic E-state index is 0.0142. The number of carboxylic acids is 1. The van der Waals surface area contributed by atoms with Crippen molar-refractivity contribution in [3.05, 3.63) is 59.4 Å². The van der Waals surface area contributed by atoms with Gasteiger partial charge in [0.15, 0.2) is 28.5 Å². The number of ether oxygens (including phenoxy) is 1. The molecule has 262 valence electrons. The Morgan fingerprint density at radius 2 is 1.86 bits per heavy atom. The first-order chi connectivity index (χ1) is 23.0. The van der Waals surface area contributed by atoms with E-state index in [1.54, 1.807) is 12.1 Å². The lowest BCUT2D eigenvalue weighted by atomic mass is 9.74. The van der Waals surface area contributed by atoms with Crippen LogP contribution in [0.15, 0.2) is 53.1 Å². The van der Waals surface area contributed by atoms with Gasteiger partial charge in [0.25, 0.3) is 12.0 Å². The summed E-state index contributed by atoms with van der Waals surface area (Å²) in [6, 6.07) is 11.2. The quantitative estimate of drug-likeness (QED) is 0.0545. The fourth-order valence-electron chi connectivity index (χ4n) is 5.32. The maximum atomic E-state index is 13.4. The molecule has 2 aliphatic rings. The molecule has 1 aliphatic heterocycles. The summed E-state index contributed by atoms with van der Waals surface area (Å²) in [7, 11) is -3.00. The molecule has 18 heteroatoms. The molecular weight excluding hydrogens is 681 g/mol. The molecule has 2 aromatic heterocycles. The Bertz CT molecular complexity index is 1890. The van der Waals surface area contributed by atoms with Gasteiger partial charge in [-0.2, -0.15) is 13.5 Å². The van der Waals surface area contributed by atoms with Gasteiger partial charge >= 0.3 is 16.4 Å². The number of Topliss-reactive ketones (excluding diaryl/α,β-unsaturated/α-hetero) is 1. The molecule has 0 bridgehead atoms. The number of nitrogen functional groups attached to an aromatic ring is 1. The van der Waals surface area contributed by atoms with E-state index in [0.29, 0.717) is 10.8 Å². The third-order valence-electron chi connectivity index (χ3n) is 8.61. The van der Waals surface area contributed by atoms with Crippen LogP contribution in [0, 0.1) is 5.92 Å². The third-order valence-corrected chi connectivity index (χ3v) is 9.62. The average molecular weight is 718 g/mol. The highest BCUT2D eigenvalue weighted by Gasteiger charge is 2.57. The second-order valence-corrected chi connectivity index (χ2v) is 14.5. The largest absolute Gasteiger partial charge is 0.489 e. The van der Waals surface area contributed by atoms with E-state index >= 15 is 0 Å². The van der Waals surface area contributed by atoms with E-state index in [1.165, 1.54) is 24.9 Å². The van der Waals surface area contributed by atoms with Crippen molar-refractivity contribution in [3.63, 3.8) is 0 Å². The summed E-state index contributed by atoms with van der Waals surface area (Å²) in [5.41, 5.74) is 13.3. The second kappa shape index (κ2) is 13.8. The molecule has 1 saturated carbocycles. The lowest BCUT2D eigenvalue weighted by molar-refractivity contribution is -0.678. The topological polar surface area (TPSA) is 238 Å². The monoisotopic (exact) mass is 717 g/mol. The van der Waals surface area contributed by atoms with Crippen molar-refractivity contribution in [2.24, 2.45) is 23.9 Å². The van der Waals surface area contributed by atoms with Gasteiger partial charge in [0.05, 0.1) is 11.5 Å². The Hall–Kier alpha value is -4.49. The van der Waals surface area contributed by atoms with Gasteiger partial charge in [-0.25, -0.2) is 14.3 Å². The van der Waals surface area contributed by atoms with Crippen LogP contribution in [0.25, 0.3) is 11.1 Å². The molecular formula is C31H37N6O10S2+. The zero-order valence-corrected chi connectivity index (χ0v) is 28.6. The van der Waals surface area contributed by atoms with Crippen LogP contribution in [0.4, 0.5) is 5.13 Å². The highest BCUT2D eigenvalue weighted by atomic mass is 32.3. The number of oxime groups is 1. The van der Waals surface area contributed by atoms with Crippen molar-refractivity contribution in [1.82, 2.24) is 10.0 Å². The molecule has 6 N–H and O–H groups in total. The molecule has 1 amide bonds. The number of rotatable bonds is 16. The van der Waals surface area contributed by atoms with E-state index in [0.717, 1.165) is 48.1 Å². The smallest absolute Gasteiger partial charge is 0.418 e. The number of pyridine rings is 1. The molecule has 5 rings (SSSR count). The average Bonchev–Trinajstić information content (AvgIpc) is 3.62. The second-order valence-electron chi connectivity index (χ2n) is 12.6. The Labute approximate surface area is 286 Å². The number of hydrogen-bond donors (Lipinski definition) is 4. The van der Waals surface area contributed by atoms with Crippen LogP contribution in [-0.2, 0) is 47.4 Å². The zero-order chi connectivity index (χ0) is 35.7. The predicted octanol–water partition coefficient (Wildman–Crippen LogP) is 1.82. The third kappa shape index (κ3) is 8.57. The molecule has 3 aromatic rings. The van der Waals surface area contributed by atoms with Gasteiger partial charge in [-0.3, -0.25) is 14.1 Å². The number of aryl methyl sites for hydroxylation is 2. The molecule has 1 aliphatic carbocycles. The summed E-state index contributed by atoms with van der Waals surface area (Å²) in [5, 5.41) is 15.5. The summed E-state index contributed by atoms with van der Waals surface area (Å²) in [5.74, 6) is -3.77. The summed E-state index contributed by atoms with van der Waals surface area (Å²) >= 11 is 0.991. The minimum atomic E-state index is -4.99. The number of carbonyl (C=O) groups is 3. The minimum Gasteiger partial charge on any atom is -0.489 e. The number of aromatic nitrogens is 2. The first kappa shape index (κ1) is 35.8. The first-order valence-corrected chi connectivity index (χ1v) is 17.4. The number of nitrogens with two attached hydrogens (primary N) is 2. The van der Waals surface area contributed by atoms with Gasteiger partial charge in [0, 0.05) is 35.4 Å². The SMILES string of the molecule is C[n+]1cc(-c2ccc(OC[C@H](O/N=C(\C(=O)C[C@@H]3C(=O)N(OS(=O)(=O)O)C3(C)C)c3csc(N)n3)C(=O)O)cc2)ccc1CCC1(N)CC1. The molecule has 2 fully saturated rings. The van der Waals surface area contributed by atoms with Crippen LogP contribution >= 0.6 is 11.3 Å². The van der Waals surface area contributed by atoms with Crippen molar-refractivity contribution < 1.29 is 50.9 Å². The van der Waals surface area contributed by atoms with Gasteiger partial charge in [-0.1, -0.05) is 17.3 Å². The van der Waals surface area contributed by atoms with E-state index in [1.807, 2.05) is 31.4 Å². The Morgan fingerprint density at radius 3 is 2.41 bits per heavy atom. The maximum absolute atomic E-state index is 13.4. The number of ketones is 1. The van der Waals surface area contributed by atoms with Crippen LogP contribution in [0.1, 0.15) is 50.9 Å². The van der Waals surface area contributed by atoms with Gasteiger partial charge in [-0.15, -0.1) is 15.6 Å². The fraction of sp³-hybridized carbons (Fsp3) is 0.419. The molecule has 1 saturated heterocycles. The number of hydrogen-bond acceptors (Lipinski definition) is 13. The molecule has 0 radical (unpaired) electrons. The van der Waals surface area contributed by atoms with E-state index < -0.39 is 64.4 Å². The van der Waals surface area contributed by atoms with Crippen molar-refractivity contribution in [3.8, 4) is 16.9 Å². The van der Waals surface area contributed by atoms with Crippen LogP contribution in [-0.4, -0.2) is 75.3 Å². The van der Waals surface area contributed by atoms with Crippen LogP contribution in [0.5, 0.6) is 5.75 Å². The van der Waals surface area contributed by atoms with Crippen molar-refractivity contribution in [1.29, 1.82) is 0 Å². The normalized spacial score (nSPS) is 18.8. The number of amides is 1. The Balaban J connectivity index is 1.23. The highest BCUT2D eigenvalue weighted by Crippen LogP contribution is 2.41.